The molecule has 1 aromatic rings. The molecule has 0 radical (unpaired) electrons. The molecule has 0 spiro atoms. The van der Waals surface area contributed by atoms with Crippen molar-refractivity contribution in [1.29, 1.82) is 0 Å². The van der Waals surface area contributed by atoms with Gasteiger partial charge in [-0.25, -0.2) is 0 Å². The second-order valence-corrected chi connectivity index (χ2v) is 6.60. The second kappa shape index (κ2) is 13.7. The van der Waals surface area contributed by atoms with Gasteiger partial charge < -0.3 is 4.74 Å². The van der Waals surface area contributed by atoms with E-state index in [1.54, 1.807) is 6.08 Å². The Balaban J connectivity index is 2.48. The molecule has 1 aromatic carbocycles. The highest BCUT2D eigenvalue weighted by Gasteiger charge is 2.07. The lowest BCUT2D eigenvalue weighted by Gasteiger charge is -2.06. The van der Waals surface area contributed by atoms with Crippen molar-refractivity contribution < 1.29 is 14.5 Å². The Hall–Kier alpha value is -2.43. The fourth-order valence-electron chi connectivity index (χ4n) is 2.67. The smallest absolute Gasteiger partial charge is 0.315 e. The summed E-state index contributed by atoms with van der Waals surface area (Å²) in [7, 11) is 0. The SMILES string of the molecule is CCCCCC(=CC=CCC(=O)Oc1ccc([N+](=O)[O-])cc1)CCCCC. The van der Waals surface area contributed by atoms with Crippen LogP contribution in [0.25, 0.3) is 0 Å². The van der Waals surface area contributed by atoms with Gasteiger partial charge in [0.2, 0.25) is 0 Å². The average molecular weight is 373 g/mol. The minimum Gasteiger partial charge on any atom is -0.426 e. The van der Waals surface area contributed by atoms with E-state index in [0.29, 0.717) is 5.75 Å². The Labute approximate surface area is 162 Å². The fourth-order valence-corrected chi connectivity index (χ4v) is 2.67. The molecule has 1 rings (SSSR count). The molecule has 0 bridgehead atoms. The van der Waals surface area contributed by atoms with Crippen molar-refractivity contribution >= 4 is 11.7 Å². The maximum atomic E-state index is 11.9. The highest BCUT2D eigenvalue weighted by molar-refractivity contribution is 5.74. The monoisotopic (exact) mass is 373 g/mol. The number of nitro benzene ring substituents is 1. The highest BCUT2D eigenvalue weighted by Crippen LogP contribution is 2.18. The van der Waals surface area contributed by atoms with Crippen LogP contribution >= 0.6 is 0 Å². The van der Waals surface area contributed by atoms with Gasteiger partial charge in [0.25, 0.3) is 5.69 Å². The van der Waals surface area contributed by atoms with Gasteiger partial charge in [-0.3, -0.25) is 14.9 Å². The van der Waals surface area contributed by atoms with E-state index in [0.717, 1.165) is 12.8 Å². The van der Waals surface area contributed by atoms with Crippen LogP contribution in [0.5, 0.6) is 5.75 Å². The molecule has 5 nitrogen and oxygen atoms in total. The number of allylic oxidation sites excluding steroid dienone is 3. The number of non-ortho nitro benzene ring substituents is 1. The van der Waals surface area contributed by atoms with Crippen LogP contribution in [-0.2, 0) is 4.79 Å². The van der Waals surface area contributed by atoms with E-state index in [-0.39, 0.29) is 18.1 Å². The maximum absolute atomic E-state index is 11.9. The zero-order chi connectivity index (χ0) is 19.9. The lowest BCUT2D eigenvalue weighted by Crippen LogP contribution is -2.06. The van der Waals surface area contributed by atoms with Crippen LogP contribution < -0.4 is 4.74 Å². The van der Waals surface area contributed by atoms with E-state index >= 15 is 0 Å². The molecule has 27 heavy (non-hydrogen) atoms. The number of nitro groups is 1. The van der Waals surface area contributed by atoms with Crippen LogP contribution in [0.2, 0.25) is 0 Å². The second-order valence-electron chi connectivity index (χ2n) is 6.60. The molecule has 0 aliphatic carbocycles. The summed E-state index contributed by atoms with van der Waals surface area (Å²) in [5.74, 6) is -0.0682. The first-order valence-electron chi connectivity index (χ1n) is 9.86. The van der Waals surface area contributed by atoms with Crippen LogP contribution in [0, 0.1) is 10.1 Å². The number of hydrogen-bond acceptors (Lipinski definition) is 4. The molecule has 0 amide bonds. The van der Waals surface area contributed by atoms with E-state index in [1.165, 1.54) is 68.4 Å². The lowest BCUT2D eigenvalue weighted by atomic mass is 10.0. The topological polar surface area (TPSA) is 69.4 Å². The van der Waals surface area contributed by atoms with Crippen LogP contribution in [0.4, 0.5) is 5.69 Å². The van der Waals surface area contributed by atoms with Crippen molar-refractivity contribution in [2.24, 2.45) is 0 Å². The zero-order valence-corrected chi connectivity index (χ0v) is 16.5. The number of carbonyl (C=O) groups excluding carboxylic acids is 1. The summed E-state index contributed by atoms with van der Waals surface area (Å²) >= 11 is 0. The van der Waals surface area contributed by atoms with E-state index in [1.807, 2.05) is 6.08 Å². The first-order valence-corrected chi connectivity index (χ1v) is 9.86. The lowest BCUT2D eigenvalue weighted by molar-refractivity contribution is -0.384. The molecule has 0 aromatic heterocycles. The number of nitrogens with zero attached hydrogens (tertiary/aromatic N) is 1. The van der Waals surface area contributed by atoms with E-state index < -0.39 is 4.92 Å². The van der Waals surface area contributed by atoms with Gasteiger partial charge in [0, 0.05) is 12.1 Å². The summed E-state index contributed by atoms with van der Waals surface area (Å²) in [4.78, 5) is 22.0. The Morgan fingerprint density at radius 3 is 2.15 bits per heavy atom. The van der Waals surface area contributed by atoms with Crippen LogP contribution in [0.1, 0.15) is 71.6 Å². The van der Waals surface area contributed by atoms with E-state index in [2.05, 4.69) is 19.9 Å². The van der Waals surface area contributed by atoms with Crippen molar-refractivity contribution in [2.45, 2.75) is 71.6 Å². The molecule has 0 atom stereocenters. The van der Waals surface area contributed by atoms with Gasteiger partial charge in [-0.1, -0.05) is 63.3 Å². The molecular formula is C22H31NO4. The summed E-state index contributed by atoms with van der Waals surface area (Å²) in [5, 5.41) is 10.6. The minimum absolute atomic E-state index is 0.0292. The molecule has 0 saturated heterocycles. The van der Waals surface area contributed by atoms with Crippen LogP contribution in [0.15, 0.2) is 48.1 Å². The predicted molar refractivity (Wildman–Crippen MR) is 109 cm³/mol. The molecule has 0 heterocycles. The molecule has 148 valence electrons. The summed E-state index contributed by atoms with van der Waals surface area (Å²) in [6.45, 7) is 4.41. The van der Waals surface area contributed by atoms with Crippen LogP contribution in [0.3, 0.4) is 0 Å². The van der Waals surface area contributed by atoms with Gasteiger partial charge in [-0.15, -0.1) is 0 Å². The quantitative estimate of drug-likeness (QED) is 0.0983. The standard InChI is InChI=1S/C22H31NO4/c1-3-5-7-11-19(12-8-6-4-2)13-9-10-14-22(24)27-21-17-15-20(16-18-21)23(25)26/h9-10,13,15-18H,3-8,11-12,14H2,1-2H3. The third-order valence-electron chi connectivity index (χ3n) is 4.23. The summed E-state index contributed by atoms with van der Waals surface area (Å²) in [6.07, 6.45) is 15.6. The summed E-state index contributed by atoms with van der Waals surface area (Å²) in [5.41, 5.74) is 1.41. The van der Waals surface area contributed by atoms with Crippen molar-refractivity contribution in [3.63, 3.8) is 0 Å². The number of esters is 1. The van der Waals surface area contributed by atoms with Crippen molar-refractivity contribution in [3.8, 4) is 5.75 Å². The number of hydrogen-bond donors (Lipinski definition) is 0. The summed E-state index contributed by atoms with van der Waals surface area (Å²) < 4.78 is 5.18. The molecule has 0 aliphatic heterocycles. The van der Waals surface area contributed by atoms with Crippen LogP contribution in [-0.4, -0.2) is 10.9 Å². The highest BCUT2D eigenvalue weighted by atomic mass is 16.6. The predicted octanol–water partition coefficient (Wildman–Crippen LogP) is 6.53. The molecule has 0 N–H and O–H groups in total. The van der Waals surface area contributed by atoms with Crippen molar-refractivity contribution in [3.05, 3.63) is 58.2 Å². The Kier molecular flexibility index (Phi) is 11.5. The van der Waals surface area contributed by atoms with Crippen molar-refractivity contribution in [1.82, 2.24) is 0 Å². The molecule has 0 saturated carbocycles. The van der Waals surface area contributed by atoms with Gasteiger partial charge >= 0.3 is 5.97 Å². The number of benzene rings is 1. The molecule has 0 aliphatic rings. The number of unbranched alkanes of at least 4 members (excludes halogenated alkanes) is 4. The van der Waals surface area contributed by atoms with Gasteiger partial charge in [0.1, 0.15) is 5.75 Å². The van der Waals surface area contributed by atoms with E-state index in [4.69, 9.17) is 4.74 Å². The first kappa shape index (κ1) is 22.6. The normalized spacial score (nSPS) is 10.7. The fraction of sp³-hybridized carbons (Fsp3) is 0.500. The molecule has 5 heteroatoms. The number of rotatable bonds is 13. The third kappa shape index (κ3) is 10.3. The minimum atomic E-state index is -0.487. The van der Waals surface area contributed by atoms with Gasteiger partial charge in [-0.05, 0) is 37.8 Å². The third-order valence-corrected chi connectivity index (χ3v) is 4.23. The first-order chi connectivity index (χ1) is 13.1. The maximum Gasteiger partial charge on any atom is 0.315 e. The van der Waals surface area contributed by atoms with E-state index in [9.17, 15) is 14.9 Å². The Morgan fingerprint density at radius 1 is 1.04 bits per heavy atom. The van der Waals surface area contributed by atoms with Gasteiger partial charge in [0.15, 0.2) is 0 Å². The largest absolute Gasteiger partial charge is 0.426 e. The summed E-state index contributed by atoms with van der Waals surface area (Å²) in [6, 6.07) is 5.50. The Morgan fingerprint density at radius 2 is 1.63 bits per heavy atom. The number of carbonyl (C=O) groups is 1. The molecule has 0 unspecified atom stereocenters. The average Bonchev–Trinajstić information content (AvgIpc) is 2.65. The zero-order valence-electron chi connectivity index (χ0n) is 16.5. The van der Waals surface area contributed by atoms with Gasteiger partial charge in [0.05, 0.1) is 11.3 Å². The van der Waals surface area contributed by atoms with Gasteiger partial charge in [-0.2, -0.15) is 0 Å². The Bertz CT molecular complexity index is 620. The van der Waals surface area contributed by atoms with Crippen molar-refractivity contribution in [2.75, 3.05) is 0 Å². The molecule has 0 fully saturated rings. The number of ether oxygens (including phenoxy) is 1. The molecular weight excluding hydrogens is 342 g/mol.